The minimum absolute atomic E-state index is 0.424. The highest BCUT2D eigenvalue weighted by atomic mass is 32.2. The summed E-state index contributed by atoms with van der Waals surface area (Å²) in [6, 6.07) is 16.1. The maximum absolute atomic E-state index is 13.1. The number of carbonyl (C=O) groups excluding carboxylic acids is 3. The number of hydrogen-bond acceptors (Lipinski definition) is 6. The molecule has 2 aliphatic rings. The van der Waals surface area contributed by atoms with Crippen molar-refractivity contribution in [2.45, 2.75) is 42.2 Å². The number of hydrogen-bond donors (Lipinski definition) is 1. The van der Waals surface area contributed by atoms with E-state index in [0.717, 1.165) is 0 Å². The van der Waals surface area contributed by atoms with Crippen LogP contribution in [0.25, 0.3) is 0 Å². The number of carbonyl (C=O) groups is 3. The number of amides is 2. The van der Waals surface area contributed by atoms with Crippen LogP contribution in [0.4, 0.5) is 0 Å². The maximum atomic E-state index is 13.1. The lowest BCUT2D eigenvalue weighted by Gasteiger charge is -2.45. The molecule has 1 N–H and O–H groups in total. The number of β-lactam (4-membered cyclic amide) rings is 1. The molecule has 2 aromatic rings. The smallest absolute Gasteiger partial charge is 0.266 e. The third kappa shape index (κ3) is 3.52. The minimum atomic E-state index is -1.29. The molecule has 7 nitrogen and oxygen atoms in total. The van der Waals surface area contributed by atoms with Crippen LogP contribution in [0.2, 0.25) is 0 Å². The van der Waals surface area contributed by atoms with Gasteiger partial charge in [-0.1, -0.05) is 48.5 Å². The molecule has 156 valence electrons. The Morgan fingerprint density at radius 1 is 1.10 bits per heavy atom. The number of ether oxygens (including phenoxy) is 1. The Hall–Kier alpha value is -3.00. The van der Waals surface area contributed by atoms with Crippen molar-refractivity contribution in [3.8, 4) is 5.75 Å². The molecule has 2 amide bonds. The van der Waals surface area contributed by atoms with Gasteiger partial charge in [-0.15, -0.1) is 11.8 Å². The zero-order valence-electron chi connectivity index (χ0n) is 16.5. The number of para-hydroxylation sites is 1. The van der Waals surface area contributed by atoms with E-state index in [4.69, 9.17) is 4.74 Å². The molecule has 2 heterocycles. The summed E-state index contributed by atoms with van der Waals surface area (Å²) in [4.78, 5) is 38.6. The predicted octanol–water partition coefficient (Wildman–Crippen LogP) is 1.10. The Labute approximate surface area is 178 Å². The van der Waals surface area contributed by atoms with Crippen molar-refractivity contribution in [2.24, 2.45) is 0 Å². The van der Waals surface area contributed by atoms with Crippen LogP contribution in [0, 0.1) is 0 Å². The van der Waals surface area contributed by atoms with Crippen LogP contribution < -0.4 is 15.2 Å². The number of rotatable bonds is 6. The summed E-state index contributed by atoms with van der Waals surface area (Å²) in [5.74, 6) is -1.65. The number of nitrogens with zero attached hydrogens (tertiary/aromatic N) is 1. The Morgan fingerprint density at radius 2 is 1.70 bits per heavy atom. The zero-order valence-corrected chi connectivity index (χ0v) is 17.3. The van der Waals surface area contributed by atoms with Crippen molar-refractivity contribution in [1.82, 2.24) is 10.2 Å². The van der Waals surface area contributed by atoms with Crippen LogP contribution in [0.15, 0.2) is 60.7 Å². The number of fused-ring (bicyclic) bond motifs is 1. The van der Waals surface area contributed by atoms with Crippen LogP contribution in [-0.4, -0.2) is 44.9 Å². The van der Waals surface area contributed by atoms with Gasteiger partial charge in [0, 0.05) is 10.3 Å². The molecular weight excluding hydrogens is 404 g/mol. The number of thioether (sulfide) groups is 1. The van der Waals surface area contributed by atoms with Crippen molar-refractivity contribution in [3.05, 3.63) is 66.2 Å². The molecule has 2 aliphatic heterocycles. The minimum Gasteiger partial charge on any atom is -0.548 e. The third-order valence-electron chi connectivity index (χ3n) is 5.30. The summed E-state index contributed by atoms with van der Waals surface area (Å²) in [5.41, 5.74) is 0.648. The van der Waals surface area contributed by atoms with Crippen LogP contribution in [-0.2, 0) is 14.4 Å². The zero-order chi connectivity index (χ0) is 21.5. The average molecular weight is 425 g/mol. The van der Waals surface area contributed by atoms with Crippen molar-refractivity contribution in [2.75, 3.05) is 0 Å². The molecule has 0 aromatic heterocycles. The summed E-state index contributed by atoms with van der Waals surface area (Å²) in [6.45, 7) is 3.52. The molecule has 8 heteroatoms. The van der Waals surface area contributed by atoms with E-state index in [1.165, 1.54) is 16.7 Å². The monoisotopic (exact) mass is 425 g/mol. The summed E-state index contributed by atoms with van der Waals surface area (Å²) in [5, 5.41) is 13.9. The first-order chi connectivity index (χ1) is 14.3. The molecule has 4 unspecified atom stereocenters. The number of benzene rings is 2. The van der Waals surface area contributed by atoms with Gasteiger partial charge >= 0.3 is 0 Å². The molecule has 0 radical (unpaired) electrons. The standard InChI is InChI=1S/C22H22N2O5S/c1-22(2)17(21(27)28)24-19(26)15(20(24)30-22)23-18(25)16(13-9-5-3-6-10-13)29-14-11-7-4-8-12-14/h3-12,15-17,20H,1-2H3,(H,23,25)(H,27,28)/p-1. The lowest BCUT2D eigenvalue weighted by atomic mass is 9.96. The van der Waals surface area contributed by atoms with E-state index >= 15 is 0 Å². The molecule has 0 saturated carbocycles. The van der Waals surface area contributed by atoms with Gasteiger partial charge < -0.3 is 24.9 Å². The highest BCUT2D eigenvalue weighted by Gasteiger charge is 2.62. The first kappa shape index (κ1) is 20.3. The third-order valence-corrected chi connectivity index (χ3v) is 6.87. The number of carboxylic acid groups (broad SMARTS) is 1. The van der Waals surface area contributed by atoms with E-state index in [1.807, 2.05) is 12.1 Å². The molecular formula is C22H21N2O5S-. The fraction of sp³-hybridized carbons (Fsp3) is 0.318. The Morgan fingerprint density at radius 3 is 2.30 bits per heavy atom. The Kier molecular flexibility index (Phi) is 5.19. The molecule has 2 saturated heterocycles. The number of aliphatic carboxylic acids is 1. The molecule has 4 rings (SSSR count). The second kappa shape index (κ2) is 7.68. The van der Waals surface area contributed by atoms with Crippen molar-refractivity contribution in [1.29, 1.82) is 0 Å². The van der Waals surface area contributed by atoms with Crippen molar-refractivity contribution >= 4 is 29.5 Å². The largest absolute Gasteiger partial charge is 0.548 e. The SMILES string of the molecule is CC1(C)SC2C(NC(=O)C(Oc3ccccc3)c3ccccc3)C(=O)N2C1C(=O)[O-]. The van der Waals surface area contributed by atoms with Crippen LogP contribution in [0.5, 0.6) is 5.75 Å². The quantitative estimate of drug-likeness (QED) is 0.696. The van der Waals surface area contributed by atoms with Crippen molar-refractivity contribution in [3.63, 3.8) is 0 Å². The molecule has 30 heavy (non-hydrogen) atoms. The molecule has 2 aromatic carbocycles. The van der Waals surface area contributed by atoms with Crippen LogP contribution >= 0.6 is 11.8 Å². The molecule has 2 fully saturated rings. The Balaban J connectivity index is 1.54. The number of carboxylic acids is 1. The average Bonchev–Trinajstić information content (AvgIpc) is 2.99. The highest BCUT2D eigenvalue weighted by molar-refractivity contribution is 8.01. The fourth-order valence-corrected chi connectivity index (χ4v) is 5.51. The van der Waals surface area contributed by atoms with E-state index in [1.54, 1.807) is 62.4 Å². The second-order valence-electron chi connectivity index (χ2n) is 7.79. The highest BCUT2D eigenvalue weighted by Crippen LogP contribution is 2.50. The normalized spacial score (nSPS) is 25.1. The van der Waals surface area contributed by atoms with Gasteiger partial charge in [-0.05, 0) is 26.0 Å². The molecule has 0 bridgehead atoms. The van der Waals surface area contributed by atoms with Gasteiger partial charge in [-0.3, -0.25) is 9.59 Å². The first-order valence-corrected chi connectivity index (χ1v) is 10.5. The van der Waals surface area contributed by atoms with Crippen LogP contribution in [0.3, 0.4) is 0 Å². The lowest BCUT2D eigenvalue weighted by Crippen LogP contribution is -2.72. The summed E-state index contributed by atoms with van der Waals surface area (Å²) < 4.78 is 5.22. The van der Waals surface area contributed by atoms with Gasteiger partial charge in [-0.2, -0.15) is 0 Å². The maximum Gasteiger partial charge on any atom is 0.266 e. The van der Waals surface area contributed by atoms with Gasteiger partial charge in [0.05, 0.1) is 12.0 Å². The molecule has 0 spiro atoms. The molecule has 4 atom stereocenters. The van der Waals surface area contributed by atoms with Gasteiger partial charge in [0.25, 0.3) is 5.91 Å². The summed E-state index contributed by atoms with van der Waals surface area (Å²) in [6.07, 6.45) is -0.952. The van der Waals surface area contributed by atoms with E-state index in [0.29, 0.717) is 11.3 Å². The Bertz CT molecular complexity index is 966. The van der Waals surface area contributed by atoms with Gasteiger partial charge in [0.2, 0.25) is 12.0 Å². The van der Waals surface area contributed by atoms with E-state index < -0.39 is 46.1 Å². The van der Waals surface area contributed by atoms with Crippen LogP contribution in [0.1, 0.15) is 25.5 Å². The van der Waals surface area contributed by atoms with Crippen molar-refractivity contribution < 1.29 is 24.2 Å². The van der Waals surface area contributed by atoms with Gasteiger partial charge in [0.1, 0.15) is 17.2 Å². The first-order valence-electron chi connectivity index (χ1n) is 9.57. The number of nitrogens with one attached hydrogen (secondary N) is 1. The molecule has 0 aliphatic carbocycles. The van der Waals surface area contributed by atoms with E-state index in [2.05, 4.69) is 5.32 Å². The van der Waals surface area contributed by atoms with E-state index in [9.17, 15) is 19.5 Å². The van der Waals surface area contributed by atoms with Gasteiger partial charge in [0.15, 0.2) is 0 Å². The second-order valence-corrected chi connectivity index (χ2v) is 9.56. The lowest BCUT2D eigenvalue weighted by molar-refractivity contribution is -0.312. The van der Waals surface area contributed by atoms with Gasteiger partial charge in [-0.25, -0.2) is 0 Å². The van der Waals surface area contributed by atoms with E-state index in [-0.39, 0.29) is 0 Å². The summed E-state index contributed by atoms with van der Waals surface area (Å²) >= 11 is 1.35. The fourth-order valence-electron chi connectivity index (χ4n) is 3.89. The summed E-state index contributed by atoms with van der Waals surface area (Å²) in [7, 11) is 0. The predicted molar refractivity (Wildman–Crippen MR) is 109 cm³/mol. The topological polar surface area (TPSA) is 98.8 Å².